The van der Waals surface area contributed by atoms with Gasteiger partial charge in [0.1, 0.15) is 16.9 Å². The summed E-state index contributed by atoms with van der Waals surface area (Å²) in [4.78, 5) is 35.5. The molecule has 0 aliphatic carbocycles. The lowest BCUT2D eigenvalue weighted by Crippen LogP contribution is -2.28. The Labute approximate surface area is 143 Å². The van der Waals surface area contributed by atoms with E-state index in [4.69, 9.17) is 20.8 Å². The average molecular weight is 352 g/mol. The number of benzene rings is 1. The van der Waals surface area contributed by atoms with Gasteiger partial charge in [-0.2, -0.15) is 0 Å². The zero-order chi connectivity index (χ0) is 17.5. The van der Waals surface area contributed by atoms with Crippen LogP contribution in [0.25, 0.3) is 11.0 Å². The van der Waals surface area contributed by atoms with Crippen molar-refractivity contribution < 1.29 is 18.7 Å². The predicted octanol–water partition coefficient (Wildman–Crippen LogP) is 2.86. The third-order valence-corrected chi connectivity index (χ3v) is 3.50. The molecule has 2 rings (SSSR count). The Bertz CT molecular complexity index is 799. The second kappa shape index (κ2) is 8.49. The molecule has 0 unspecified atom stereocenters. The highest BCUT2D eigenvalue weighted by Gasteiger charge is 2.14. The third kappa shape index (κ3) is 4.58. The van der Waals surface area contributed by atoms with Crippen LogP contribution in [0.1, 0.15) is 36.5 Å². The van der Waals surface area contributed by atoms with Crippen molar-refractivity contribution in [2.75, 3.05) is 12.4 Å². The fraction of sp³-hybridized carbons (Fsp3) is 0.353. The highest BCUT2D eigenvalue weighted by atomic mass is 35.5. The number of nitrogens with one attached hydrogen (secondary N) is 1. The summed E-state index contributed by atoms with van der Waals surface area (Å²) in [6.45, 7) is 2.40. The van der Waals surface area contributed by atoms with Crippen LogP contribution in [-0.4, -0.2) is 24.3 Å². The minimum absolute atomic E-state index is 0.0530. The first kappa shape index (κ1) is 18.0. The lowest BCUT2D eigenvalue weighted by Gasteiger charge is -2.06. The molecule has 1 heterocycles. The molecule has 1 N–H and O–H groups in total. The maximum absolute atomic E-state index is 12.0. The maximum atomic E-state index is 12.0. The van der Waals surface area contributed by atoms with Gasteiger partial charge in [-0.05, 0) is 31.0 Å². The van der Waals surface area contributed by atoms with Crippen molar-refractivity contribution in [2.24, 2.45) is 0 Å². The monoisotopic (exact) mass is 351 g/mol. The molecular formula is C17H18ClNO5. The lowest BCUT2D eigenvalue weighted by atomic mass is 10.1. The standard InChI is InChI=1S/C17H18ClNO5/c1-2-8-19-16(21)13-9-11-5-6-12(10-14(11)24-17(13)22)23-15(20)4-3-7-18/h5-6,9-10H,2-4,7-8H2,1H3,(H,19,21). The molecule has 24 heavy (non-hydrogen) atoms. The van der Waals surface area contributed by atoms with Crippen LogP contribution in [0.5, 0.6) is 5.75 Å². The van der Waals surface area contributed by atoms with Gasteiger partial charge in [-0.1, -0.05) is 6.92 Å². The molecule has 1 amide bonds. The molecule has 0 saturated heterocycles. The van der Waals surface area contributed by atoms with E-state index in [1.165, 1.54) is 12.1 Å². The number of fused-ring (bicyclic) bond motifs is 1. The van der Waals surface area contributed by atoms with Gasteiger partial charge in [0, 0.05) is 30.3 Å². The van der Waals surface area contributed by atoms with Crippen LogP contribution in [-0.2, 0) is 4.79 Å². The lowest BCUT2D eigenvalue weighted by molar-refractivity contribution is -0.134. The van der Waals surface area contributed by atoms with E-state index in [9.17, 15) is 14.4 Å². The Morgan fingerprint density at radius 2 is 2.08 bits per heavy atom. The summed E-state index contributed by atoms with van der Waals surface area (Å²) in [6, 6.07) is 6.11. The molecule has 128 valence electrons. The second-order valence-electron chi connectivity index (χ2n) is 5.17. The largest absolute Gasteiger partial charge is 0.426 e. The number of hydrogen-bond acceptors (Lipinski definition) is 5. The third-order valence-electron chi connectivity index (χ3n) is 3.23. The van der Waals surface area contributed by atoms with E-state index in [0.29, 0.717) is 24.2 Å². The van der Waals surface area contributed by atoms with Crippen LogP contribution >= 0.6 is 11.6 Å². The fourth-order valence-corrected chi connectivity index (χ4v) is 2.17. The number of carbonyl (C=O) groups is 2. The summed E-state index contributed by atoms with van der Waals surface area (Å²) in [7, 11) is 0. The Morgan fingerprint density at radius 1 is 1.29 bits per heavy atom. The van der Waals surface area contributed by atoms with Crippen LogP contribution in [0.4, 0.5) is 0 Å². The van der Waals surface area contributed by atoms with Gasteiger partial charge in [-0.15, -0.1) is 11.6 Å². The van der Waals surface area contributed by atoms with Crippen LogP contribution in [0.15, 0.2) is 33.5 Å². The van der Waals surface area contributed by atoms with E-state index < -0.39 is 17.5 Å². The number of carbonyl (C=O) groups excluding carboxylic acids is 2. The molecule has 1 aromatic heterocycles. The minimum Gasteiger partial charge on any atom is -0.426 e. The van der Waals surface area contributed by atoms with E-state index in [-0.39, 0.29) is 23.3 Å². The quantitative estimate of drug-likeness (QED) is 0.359. The van der Waals surface area contributed by atoms with E-state index >= 15 is 0 Å². The van der Waals surface area contributed by atoms with Crippen molar-refractivity contribution in [1.82, 2.24) is 5.32 Å². The number of amides is 1. The first-order chi connectivity index (χ1) is 11.5. The highest BCUT2D eigenvalue weighted by molar-refractivity contribution is 6.17. The molecule has 1 aromatic carbocycles. The molecule has 0 radical (unpaired) electrons. The number of esters is 1. The first-order valence-corrected chi connectivity index (χ1v) is 8.21. The SMILES string of the molecule is CCCNC(=O)c1cc2ccc(OC(=O)CCCCl)cc2oc1=O. The van der Waals surface area contributed by atoms with Gasteiger partial charge >= 0.3 is 11.6 Å². The highest BCUT2D eigenvalue weighted by Crippen LogP contribution is 2.21. The van der Waals surface area contributed by atoms with Crippen LogP contribution < -0.4 is 15.7 Å². The summed E-state index contributed by atoms with van der Waals surface area (Å²) in [5.74, 6) is -0.227. The summed E-state index contributed by atoms with van der Waals surface area (Å²) < 4.78 is 10.3. The van der Waals surface area contributed by atoms with Gasteiger partial charge in [0.05, 0.1) is 0 Å². The topological polar surface area (TPSA) is 85.6 Å². The van der Waals surface area contributed by atoms with Gasteiger partial charge in [-0.3, -0.25) is 9.59 Å². The Kier molecular flexibility index (Phi) is 6.37. The molecule has 0 bridgehead atoms. The first-order valence-electron chi connectivity index (χ1n) is 7.68. The molecule has 0 aliphatic heterocycles. The summed E-state index contributed by atoms with van der Waals surface area (Å²) in [6.07, 6.45) is 1.50. The summed E-state index contributed by atoms with van der Waals surface area (Å²) in [5, 5.41) is 3.20. The van der Waals surface area contributed by atoms with Crippen molar-refractivity contribution >= 4 is 34.4 Å². The number of ether oxygens (including phenoxy) is 1. The van der Waals surface area contributed by atoms with Crippen LogP contribution in [0, 0.1) is 0 Å². The average Bonchev–Trinajstić information content (AvgIpc) is 2.57. The minimum atomic E-state index is -0.735. The van der Waals surface area contributed by atoms with Gasteiger partial charge in [-0.25, -0.2) is 4.79 Å². The molecular weight excluding hydrogens is 334 g/mol. The van der Waals surface area contributed by atoms with E-state index in [1.807, 2.05) is 6.92 Å². The van der Waals surface area contributed by atoms with Gasteiger partial charge in [0.2, 0.25) is 0 Å². The number of halogens is 1. The molecule has 0 aliphatic rings. The van der Waals surface area contributed by atoms with Gasteiger partial charge in [0.15, 0.2) is 0 Å². The Balaban J connectivity index is 2.23. The van der Waals surface area contributed by atoms with E-state index in [1.54, 1.807) is 12.1 Å². The summed E-state index contributed by atoms with van der Waals surface area (Å²) in [5.41, 5.74) is -0.542. The number of alkyl halides is 1. The van der Waals surface area contributed by atoms with Gasteiger partial charge in [0.25, 0.3) is 5.91 Å². The predicted molar refractivity (Wildman–Crippen MR) is 90.7 cm³/mol. The van der Waals surface area contributed by atoms with Crippen molar-refractivity contribution in [3.63, 3.8) is 0 Å². The second-order valence-corrected chi connectivity index (χ2v) is 5.55. The Morgan fingerprint density at radius 3 is 2.79 bits per heavy atom. The summed E-state index contributed by atoms with van der Waals surface area (Å²) >= 11 is 5.53. The zero-order valence-electron chi connectivity index (χ0n) is 13.3. The molecule has 2 aromatic rings. The molecule has 7 heteroatoms. The molecule has 0 saturated carbocycles. The molecule has 6 nitrogen and oxygen atoms in total. The van der Waals surface area contributed by atoms with Crippen molar-refractivity contribution in [3.8, 4) is 5.75 Å². The number of hydrogen-bond donors (Lipinski definition) is 1. The van der Waals surface area contributed by atoms with Crippen molar-refractivity contribution in [1.29, 1.82) is 0 Å². The molecule has 0 atom stereocenters. The van der Waals surface area contributed by atoms with Crippen molar-refractivity contribution in [2.45, 2.75) is 26.2 Å². The number of rotatable bonds is 7. The molecule has 0 fully saturated rings. The zero-order valence-corrected chi connectivity index (χ0v) is 14.0. The van der Waals surface area contributed by atoms with Crippen molar-refractivity contribution in [3.05, 3.63) is 40.2 Å². The van der Waals surface area contributed by atoms with Crippen LogP contribution in [0.3, 0.4) is 0 Å². The van der Waals surface area contributed by atoms with E-state index in [2.05, 4.69) is 5.32 Å². The smallest absolute Gasteiger partial charge is 0.349 e. The fourth-order valence-electron chi connectivity index (χ4n) is 2.04. The van der Waals surface area contributed by atoms with Gasteiger partial charge < -0.3 is 14.5 Å². The maximum Gasteiger partial charge on any atom is 0.349 e. The molecule has 0 spiro atoms. The normalized spacial score (nSPS) is 10.6. The Hall–Kier alpha value is -2.34. The van der Waals surface area contributed by atoms with E-state index in [0.717, 1.165) is 6.42 Å². The van der Waals surface area contributed by atoms with Crippen LogP contribution in [0.2, 0.25) is 0 Å².